The molecule has 2 fully saturated rings. The molecule has 2 aliphatic rings. The first-order chi connectivity index (χ1) is 11.0. The fourth-order valence-corrected chi connectivity index (χ4v) is 4.29. The Morgan fingerprint density at radius 3 is 2.39 bits per heavy atom. The summed E-state index contributed by atoms with van der Waals surface area (Å²) in [6.07, 6.45) is 4.10. The predicted octanol–water partition coefficient (Wildman–Crippen LogP) is 1.01. The first-order valence-corrected chi connectivity index (χ1v) is 9.48. The van der Waals surface area contributed by atoms with Crippen LogP contribution in [0, 0.1) is 5.92 Å². The van der Waals surface area contributed by atoms with Gasteiger partial charge < -0.3 is 14.7 Å². The van der Waals surface area contributed by atoms with E-state index in [1.54, 1.807) is 35.7 Å². The zero-order valence-corrected chi connectivity index (χ0v) is 15.1. The molecule has 0 aromatic heterocycles. The van der Waals surface area contributed by atoms with Crippen LogP contribution >= 0.6 is 11.8 Å². The summed E-state index contributed by atoms with van der Waals surface area (Å²) in [6, 6.07) is -0.414. The van der Waals surface area contributed by atoms with E-state index in [1.807, 2.05) is 6.92 Å². The highest BCUT2D eigenvalue weighted by Gasteiger charge is 2.40. The van der Waals surface area contributed by atoms with Gasteiger partial charge in [0.2, 0.25) is 17.7 Å². The molecule has 1 saturated carbocycles. The van der Waals surface area contributed by atoms with E-state index in [0.29, 0.717) is 18.2 Å². The lowest BCUT2D eigenvalue weighted by Gasteiger charge is -2.30. The Morgan fingerprint density at radius 2 is 1.83 bits per heavy atom. The molecule has 7 heteroatoms. The summed E-state index contributed by atoms with van der Waals surface area (Å²) >= 11 is 1.62. The van der Waals surface area contributed by atoms with E-state index >= 15 is 0 Å². The largest absolute Gasteiger partial charge is 0.347 e. The van der Waals surface area contributed by atoms with Crippen molar-refractivity contribution in [1.29, 1.82) is 0 Å². The SMILES string of the molecule is CCN(CC(=O)N(C)C)C(=O)C1CSCN1C(=O)C1CCCC1. The molecule has 1 saturated heterocycles. The van der Waals surface area contributed by atoms with Crippen LogP contribution in [0.3, 0.4) is 0 Å². The molecule has 1 aliphatic carbocycles. The minimum absolute atomic E-state index is 0.0783. The van der Waals surface area contributed by atoms with E-state index in [0.717, 1.165) is 25.7 Å². The summed E-state index contributed by atoms with van der Waals surface area (Å²) in [6.45, 7) is 2.42. The Labute approximate surface area is 142 Å². The molecule has 6 nitrogen and oxygen atoms in total. The highest BCUT2D eigenvalue weighted by Crippen LogP contribution is 2.31. The van der Waals surface area contributed by atoms with Crippen LogP contribution < -0.4 is 0 Å². The number of likely N-dealkylation sites (N-methyl/N-ethyl adjacent to an activating group) is 2. The summed E-state index contributed by atoms with van der Waals surface area (Å²) in [4.78, 5) is 42.2. The highest BCUT2D eigenvalue weighted by atomic mass is 32.2. The minimum atomic E-state index is -0.414. The molecule has 0 aromatic carbocycles. The number of nitrogens with zero attached hydrogens (tertiary/aromatic N) is 3. The molecule has 1 aliphatic heterocycles. The zero-order chi connectivity index (χ0) is 17.0. The fraction of sp³-hybridized carbons (Fsp3) is 0.812. The van der Waals surface area contributed by atoms with Crippen molar-refractivity contribution in [3.63, 3.8) is 0 Å². The molecule has 0 spiro atoms. The van der Waals surface area contributed by atoms with Gasteiger partial charge in [-0.3, -0.25) is 14.4 Å². The number of hydrogen-bond acceptors (Lipinski definition) is 4. The second-order valence-corrected chi connectivity index (χ2v) is 7.45. The van der Waals surface area contributed by atoms with Crippen molar-refractivity contribution in [2.24, 2.45) is 5.92 Å². The third-order valence-corrected chi connectivity index (χ3v) is 5.69. The molecule has 0 radical (unpaired) electrons. The van der Waals surface area contributed by atoms with Crippen LogP contribution in [0.15, 0.2) is 0 Å². The van der Waals surface area contributed by atoms with Gasteiger partial charge in [-0.1, -0.05) is 12.8 Å². The van der Waals surface area contributed by atoms with Crippen molar-refractivity contribution in [2.45, 2.75) is 38.6 Å². The van der Waals surface area contributed by atoms with Crippen molar-refractivity contribution >= 4 is 29.5 Å². The van der Waals surface area contributed by atoms with E-state index in [1.165, 1.54) is 4.90 Å². The average Bonchev–Trinajstić information content (AvgIpc) is 3.21. The molecule has 2 rings (SSSR count). The number of amides is 3. The van der Waals surface area contributed by atoms with Crippen LogP contribution in [0.1, 0.15) is 32.6 Å². The summed E-state index contributed by atoms with van der Waals surface area (Å²) in [5.74, 6) is 1.23. The van der Waals surface area contributed by atoms with Gasteiger partial charge in [0, 0.05) is 32.3 Å². The standard InChI is InChI=1S/C16H27N3O3S/c1-4-18(9-14(20)17(2)3)16(22)13-10-23-11-19(13)15(21)12-7-5-6-8-12/h12-13H,4-11H2,1-3H3. The quantitative estimate of drug-likeness (QED) is 0.749. The molecule has 0 aromatic rings. The van der Waals surface area contributed by atoms with Gasteiger partial charge in [-0.2, -0.15) is 0 Å². The molecular formula is C16H27N3O3S. The first-order valence-electron chi connectivity index (χ1n) is 8.32. The monoisotopic (exact) mass is 341 g/mol. The number of carbonyl (C=O) groups is 3. The number of hydrogen-bond donors (Lipinski definition) is 0. The lowest BCUT2D eigenvalue weighted by Crippen LogP contribution is -2.52. The van der Waals surface area contributed by atoms with Crippen molar-refractivity contribution in [2.75, 3.05) is 38.8 Å². The molecule has 130 valence electrons. The van der Waals surface area contributed by atoms with Crippen LogP contribution in [0.25, 0.3) is 0 Å². The number of thioether (sulfide) groups is 1. The van der Waals surface area contributed by atoms with Crippen LogP contribution in [-0.4, -0.2) is 77.3 Å². The van der Waals surface area contributed by atoms with Crippen LogP contribution in [0.4, 0.5) is 0 Å². The average molecular weight is 341 g/mol. The lowest BCUT2D eigenvalue weighted by atomic mass is 10.1. The van der Waals surface area contributed by atoms with E-state index in [9.17, 15) is 14.4 Å². The third-order valence-electron chi connectivity index (χ3n) is 4.67. The van der Waals surface area contributed by atoms with Gasteiger partial charge >= 0.3 is 0 Å². The smallest absolute Gasteiger partial charge is 0.246 e. The molecule has 1 unspecified atom stereocenters. The fourth-order valence-electron chi connectivity index (χ4n) is 3.13. The second-order valence-electron chi connectivity index (χ2n) is 6.45. The van der Waals surface area contributed by atoms with Gasteiger partial charge in [-0.05, 0) is 19.8 Å². The highest BCUT2D eigenvalue weighted by molar-refractivity contribution is 7.99. The maximum atomic E-state index is 12.8. The second kappa shape index (κ2) is 8.04. The number of rotatable bonds is 5. The van der Waals surface area contributed by atoms with Gasteiger partial charge in [0.15, 0.2) is 0 Å². The van der Waals surface area contributed by atoms with Crippen LogP contribution in [0.2, 0.25) is 0 Å². The van der Waals surface area contributed by atoms with Gasteiger partial charge in [-0.15, -0.1) is 11.8 Å². The minimum Gasteiger partial charge on any atom is -0.347 e. The molecule has 0 N–H and O–H groups in total. The van der Waals surface area contributed by atoms with Gasteiger partial charge in [0.05, 0.1) is 12.4 Å². The maximum absolute atomic E-state index is 12.8. The van der Waals surface area contributed by atoms with Crippen LogP contribution in [-0.2, 0) is 14.4 Å². The van der Waals surface area contributed by atoms with E-state index in [4.69, 9.17) is 0 Å². The normalized spacial score (nSPS) is 21.5. The van der Waals surface area contributed by atoms with Crippen molar-refractivity contribution in [3.8, 4) is 0 Å². The molecule has 1 atom stereocenters. The van der Waals surface area contributed by atoms with Crippen molar-refractivity contribution in [3.05, 3.63) is 0 Å². The van der Waals surface area contributed by atoms with Gasteiger partial charge in [-0.25, -0.2) is 0 Å². The summed E-state index contributed by atoms with van der Waals surface area (Å²) < 4.78 is 0. The van der Waals surface area contributed by atoms with Gasteiger partial charge in [0.1, 0.15) is 6.04 Å². The van der Waals surface area contributed by atoms with Crippen molar-refractivity contribution < 1.29 is 14.4 Å². The maximum Gasteiger partial charge on any atom is 0.246 e. The van der Waals surface area contributed by atoms with E-state index in [2.05, 4.69) is 0 Å². The Hall–Kier alpha value is -1.24. The molecular weight excluding hydrogens is 314 g/mol. The van der Waals surface area contributed by atoms with E-state index < -0.39 is 6.04 Å². The Balaban J connectivity index is 2.03. The summed E-state index contributed by atoms with van der Waals surface area (Å²) in [5.41, 5.74) is 0. The first kappa shape index (κ1) is 18.1. The molecule has 0 bridgehead atoms. The Morgan fingerprint density at radius 1 is 1.17 bits per heavy atom. The predicted molar refractivity (Wildman–Crippen MR) is 90.9 cm³/mol. The third kappa shape index (κ3) is 4.19. The van der Waals surface area contributed by atoms with E-state index in [-0.39, 0.29) is 30.2 Å². The zero-order valence-electron chi connectivity index (χ0n) is 14.3. The Bertz CT molecular complexity index is 463. The van der Waals surface area contributed by atoms with Crippen LogP contribution in [0.5, 0.6) is 0 Å². The molecule has 23 heavy (non-hydrogen) atoms. The van der Waals surface area contributed by atoms with Gasteiger partial charge in [0.25, 0.3) is 0 Å². The number of carbonyl (C=O) groups excluding carboxylic acids is 3. The summed E-state index contributed by atoms with van der Waals surface area (Å²) in [7, 11) is 3.37. The van der Waals surface area contributed by atoms with Crippen molar-refractivity contribution in [1.82, 2.24) is 14.7 Å². The Kier molecular flexibility index (Phi) is 6.33. The summed E-state index contributed by atoms with van der Waals surface area (Å²) in [5, 5.41) is 0. The topological polar surface area (TPSA) is 60.9 Å². The lowest BCUT2D eigenvalue weighted by molar-refractivity contribution is -0.147. The molecule has 3 amide bonds. The molecule has 1 heterocycles.